The third kappa shape index (κ3) is 2.97. The Hall–Kier alpha value is -1.36. The highest BCUT2D eigenvalue weighted by Gasteiger charge is 2.25. The van der Waals surface area contributed by atoms with Crippen LogP contribution in [0.4, 0.5) is 0 Å². The fraction of sp³-hybridized carbons (Fsp3) is 0.714. The van der Waals surface area contributed by atoms with Crippen molar-refractivity contribution in [1.29, 1.82) is 0 Å². The number of rotatable bonds is 4. The van der Waals surface area contributed by atoms with Gasteiger partial charge in [0.25, 0.3) is 5.91 Å². The van der Waals surface area contributed by atoms with Crippen LogP contribution in [-0.2, 0) is 13.0 Å². The maximum atomic E-state index is 12.5. The lowest BCUT2D eigenvalue weighted by Crippen LogP contribution is -2.40. The molecule has 2 rings (SSSR count). The van der Waals surface area contributed by atoms with Gasteiger partial charge in [0, 0.05) is 19.6 Å². The summed E-state index contributed by atoms with van der Waals surface area (Å²) in [5, 5.41) is 4.44. The molecule has 0 unspecified atom stereocenters. The van der Waals surface area contributed by atoms with Gasteiger partial charge >= 0.3 is 0 Å². The molecule has 0 saturated carbocycles. The number of nitrogens with zero attached hydrogens (tertiary/aromatic N) is 3. The minimum atomic E-state index is 0.115. The van der Waals surface area contributed by atoms with Crippen molar-refractivity contribution in [1.82, 2.24) is 14.7 Å². The molecule has 2 N–H and O–H groups in total. The summed E-state index contributed by atoms with van der Waals surface area (Å²) >= 11 is 0. The molecule has 0 atom stereocenters. The van der Waals surface area contributed by atoms with Gasteiger partial charge in [-0.15, -0.1) is 0 Å². The van der Waals surface area contributed by atoms with Crippen molar-refractivity contribution in [3.8, 4) is 0 Å². The van der Waals surface area contributed by atoms with Crippen molar-refractivity contribution < 1.29 is 4.79 Å². The standard InChI is InChI=1S/C14H24N4O/c1-3-12-9-13(18(4-2)16-12)14(19)17-7-5-11(10-15)6-8-17/h9,11H,3-8,10,15H2,1-2H3. The van der Waals surface area contributed by atoms with Crippen LogP contribution in [0.2, 0.25) is 0 Å². The molecule has 5 nitrogen and oxygen atoms in total. The van der Waals surface area contributed by atoms with Crippen LogP contribution >= 0.6 is 0 Å². The SMILES string of the molecule is CCc1cc(C(=O)N2CCC(CN)CC2)n(CC)n1. The fourth-order valence-corrected chi connectivity index (χ4v) is 2.59. The maximum absolute atomic E-state index is 12.5. The minimum Gasteiger partial charge on any atom is -0.337 e. The lowest BCUT2D eigenvalue weighted by atomic mass is 9.97. The van der Waals surface area contributed by atoms with Crippen LogP contribution in [0.25, 0.3) is 0 Å². The topological polar surface area (TPSA) is 64.2 Å². The van der Waals surface area contributed by atoms with E-state index in [9.17, 15) is 4.79 Å². The Bertz CT molecular complexity index is 433. The summed E-state index contributed by atoms with van der Waals surface area (Å²) in [6.45, 7) is 7.18. The van der Waals surface area contributed by atoms with Crippen LogP contribution in [0.3, 0.4) is 0 Å². The Labute approximate surface area is 114 Å². The van der Waals surface area contributed by atoms with Gasteiger partial charge in [-0.25, -0.2) is 0 Å². The third-order valence-corrected chi connectivity index (χ3v) is 3.95. The Kier molecular flexibility index (Phi) is 4.58. The van der Waals surface area contributed by atoms with E-state index in [4.69, 9.17) is 5.73 Å². The van der Waals surface area contributed by atoms with E-state index in [-0.39, 0.29) is 5.91 Å². The van der Waals surface area contributed by atoms with Crippen LogP contribution < -0.4 is 5.73 Å². The third-order valence-electron chi connectivity index (χ3n) is 3.95. The summed E-state index contributed by atoms with van der Waals surface area (Å²) in [4.78, 5) is 14.5. The van der Waals surface area contributed by atoms with Gasteiger partial charge in [0.15, 0.2) is 0 Å². The van der Waals surface area contributed by atoms with E-state index in [0.29, 0.717) is 5.92 Å². The molecule has 19 heavy (non-hydrogen) atoms. The molecule has 2 heterocycles. The summed E-state index contributed by atoms with van der Waals surface area (Å²) in [5.74, 6) is 0.691. The van der Waals surface area contributed by atoms with Gasteiger partial charge in [-0.3, -0.25) is 9.48 Å². The van der Waals surface area contributed by atoms with Crippen LogP contribution in [0.1, 0.15) is 42.9 Å². The molecule has 0 bridgehead atoms. The van der Waals surface area contributed by atoms with E-state index in [1.165, 1.54) is 0 Å². The lowest BCUT2D eigenvalue weighted by molar-refractivity contribution is 0.0681. The van der Waals surface area contributed by atoms with Crippen molar-refractivity contribution in [3.63, 3.8) is 0 Å². The zero-order valence-corrected chi connectivity index (χ0v) is 11.9. The molecule has 1 amide bonds. The Balaban J connectivity index is 2.09. The molecule has 0 radical (unpaired) electrons. The molecule has 1 saturated heterocycles. The highest BCUT2D eigenvalue weighted by Crippen LogP contribution is 2.18. The van der Waals surface area contributed by atoms with Gasteiger partial charge in [0.05, 0.1) is 5.69 Å². The quantitative estimate of drug-likeness (QED) is 0.891. The molecule has 1 fully saturated rings. The van der Waals surface area contributed by atoms with Gasteiger partial charge in [-0.2, -0.15) is 5.10 Å². The molecule has 5 heteroatoms. The minimum absolute atomic E-state index is 0.115. The average molecular weight is 264 g/mol. The fourth-order valence-electron chi connectivity index (χ4n) is 2.59. The molecule has 0 aliphatic carbocycles. The number of hydrogen-bond donors (Lipinski definition) is 1. The largest absolute Gasteiger partial charge is 0.337 e. The number of likely N-dealkylation sites (tertiary alicyclic amines) is 1. The van der Waals surface area contributed by atoms with Gasteiger partial charge < -0.3 is 10.6 Å². The molecule has 0 spiro atoms. The monoisotopic (exact) mass is 264 g/mol. The van der Waals surface area contributed by atoms with Crippen LogP contribution in [0.15, 0.2) is 6.07 Å². The second-order valence-corrected chi connectivity index (χ2v) is 5.16. The number of carbonyl (C=O) groups excluding carboxylic acids is 1. The van der Waals surface area contributed by atoms with Gasteiger partial charge in [-0.1, -0.05) is 6.92 Å². The normalized spacial score (nSPS) is 16.9. The van der Waals surface area contributed by atoms with E-state index in [1.54, 1.807) is 0 Å². The highest BCUT2D eigenvalue weighted by atomic mass is 16.2. The molecule has 1 aromatic heterocycles. The summed E-state index contributed by atoms with van der Waals surface area (Å²) in [7, 11) is 0. The molecule has 1 aromatic rings. The lowest BCUT2D eigenvalue weighted by Gasteiger charge is -2.31. The second kappa shape index (κ2) is 6.19. The van der Waals surface area contributed by atoms with Crippen LogP contribution in [-0.4, -0.2) is 40.2 Å². The van der Waals surface area contributed by atoms with Crippen molar-refractivity contribution in [3.05, 3.63) is 17.5 Å². The van der Waals surface area contributed by atoms with E-state index < -0.39 is 0 Å². The van der Waals surface area contributed by atoms with Crippen LogP contribution in [0.5, 0.6) is 0 Å². The van der Waals surface area contributed by atoms with Gasteiger partial charge in [-0.05, 0) is 44.7 Å². The van der Waals surface area contributed by atoms with Gasteiger partial charge in [0.1, 0.15) is 5.69 Å². The Morgan fingerprint density at radius 3 is 2.63 bits per heavy atom. The first-order valence-corrected chi connectivity index (χ1v) is 7.25. The molecule has 106 valence electrons. The van der Waals surface area contributed by atoms with Gasteiger partial charge in [0.2, 0.25) is 0 Å². The first kappa shape index (κ1) is 14.1. The number of amides is 1. The first-order chi connectivity index (χ1) is 9.19. The zero-order chi connectivity index (χ0) is 13.8. The predicted molar refractivity (Wildman–Crippen MR) is 75.0 cm³/mol. The number of nitrogens with two attached hydrogens (primary N) is 1. The second-order valence-electron chi connectivity index (χ2n) is 5.16. The number of piperidine rings is 1. The zero-order valence-electron chi connectivity index (χ0n) is 11.9. The maximum Gasteiger partial charge on any atom is 0.272 e. The molecular formula is C14H24N4O. The van der Waals surface area contributed by atoms with E-state index in [1.807, 2.05) is 22.6 Å². The summed E-state index contributed by atoms with van der Waals surface area (Å²) < 4.78 is 1.82. The molecule has 0 aromatic carbocycles. The molecular weight excluding hydrogens is 240 g/mol. The number of aromatic nitrogens is 2. The smallest absolute Gasteiger partial charge is 0.272 e. The van der Waals surface area contributed by atoms with E-state index in [2.05, 4.69) is 12.0 Å². The van der Waals surface area contributed by atoms with Crippen molar-refractivity contribution in [2.45, 2.75) is 39.7 Å². The Morgan fingerprint density at radius 2 is 2.11 bits per heavy atom. The van der Waals surface area contributed by atoms with Crippen molar-refractivity contribution in [2.75, 3.05) is 19.6 Å². The van der Waals surface area contributed by atoms with Crippen molar-refractivity contribution in [2.24, 2.45) is 11.7 Å². The number of hydrogen-bond acceptors (Lipinski definition) is 3. The van der Waals surface area contributed by atoms with E-state index >= 15 is 0 Å². The first-order valence-electron chi connectivity index (χ1n) is 7.25. The molecule has 1 aliphatic rings. The average Bonchev–Trinajstić information content (AvgIpc) is 2.90. The van der Waals surface area contributed by atoms with E-state index in [0.717, 1.165) is 56.8 Å². The summed E-state index contributed by atoms with van der Waals surface area (Å²) in [5.41, 5.74) is 7.40. The number of carbonyl (C=O) groups is 1. The van der Waals surface area contributed by atoms with Crippen LogP contribution in [0, 0.1) is 5.92 Å². The Morgan fingerprint density at radius 1 is 1.42 bits per heavy atom. The van der Waals surface area contributed by atoms with Crippen molar-refractivity contribution >= 4 is 5.91 Å². The summed E-state index contributed by atoms with van der Waals surface area (Å²) in [6, 6.07) is 1.93. The highest BCUT2D eigenvalue weighted by molar-refractivity contribution is 5.92. The summed E-state index contributed by atoms with van der Waals surface area (Å²) in [6.07, 6.45) is 2.90. The number of aryl methyl sites for hydroxylation is 2. The molecule has 1 aliphatic heterocycles. The predicted octanol–water partition coefficient (Wildman–Crippen LogP) is 1.28.